The summed E-state index contributed by atoms with van der Waals surface area (Å²) in [7, 11) is 0. The summed E-state index contributed by atoms with van der Waals surface area (Å²) in [5, 5.41) is 2.27. The maximum absolute atomic E-state index is 12.3. The number of nitrogens with one attached hydrogen (secondary N) is 1. The molecule has 1 fully saturated rings. The smallest absolute Gasteiger partial charge is 0.324 e. The Morgan fingerprint density at radius 3 is 3.00 bits per heavy atom. The van der Waals surface area contributed by atoms with Gasteiger partial charge in [0, 0.05) is 13.1 Å². The van der Waals surface area contributed by atoms with Crippen LogP contribution in [-0.2, 0) is 25.5 Å². The lowest BCUT2D eigenvalue weighted by atomic mass is 10.0. The van der Waals surface area contributed by atoms with E-state index in [-0.39, 0.29) is 30.2 Å². The Kier molecular flexibility index (Phi) is 4.85. The second kappa shape index (κ2) is 7.04. The van der Waals surface area contributed by atoms with Crippen molar-refractivity contribution < 1.29 is 19.1 Å². The van der Waals surface area contributed by atoms with E-state index in [0.29, 0.717) is 13.1 Å². The van der Waals surface area contributed by atoms with Gasteiger partial charge in [-0.15, -0.1) is 11.8 Å². The molecule has 0 radical (unpaired) electrons. The number of ether oxygens (including phenoxy) is 1. The van der Waals surface area contributed by atoms with Crippen molar-refractivity contribution in [1.82, 2.24) is 10.2 Å². The molecule has 1 atom stereocenters. The quantitative estimate of drug-likeness (QED) is 0.816. The minimum Gasteiger partial charge on any atom is -0.454 e. The molecule has 0 spiro atoms. The monoisotopic (exact) mass is 334 g/mol. The Balaban J connectivity index is 1.58. The molecule has 122 valence electrons. The second-order valence-electron chi connectivity index (χ2n) is 5.47. The third kappa shape index (κ3) is 3.67. The number of piperazine rings is 1. The number of esters is 1. The molecule has 3 rings (SSSR count). The predicted molar refractivity (Wildman–Crippen MR) is 85.9 cm³/mol. The first-order valence-electron chi connectivity index (χ1n) is 7.55. The van der Waals surface area contributed by atoms with Gasteiger partial charge in [-0.25, -0.2) is 0 Å². The van der Waals surface area contributed by atoms with Crippen molar-refractivity contribution in [3.63, 3.8) is 0 Å². The Morgan fingerprint density at radius 2 is 2.17 bits per heavy atom. The van der Waals surface area contributed by atoms with Gasteiger partial charge in [0.25, 0.3) is 5.91 Å². The van der Waals surface area contributed by atoms with E-state index >= 15 is 0 Å². The van der Waals surface area contributed by atoms with E-state index < -0.39 is 5.97 Å². The number of benzene rings is 1. The van der Waals surface area contributed by atoms with Gasteiger partial charge in [0.15, 0.2) is 6.61 Å². The molecular formula is C16H18N2O4S. The Bertz CT molecular complexity index is 634. The summed E-state index contributed by atoms with van der Waals surface area (Å²) in [5.41, 5.74) is 2.13. The molecule has 2 aliphatic heterocycles. The highest BCUT2D eigenvalue weighted by Crippen LogP contribution is 2.37. The van der Waals surface area contributed by atoms with Crippen LogP contribution in [0.3, 0.4) is 0 Å². The summed E-state index contributed by atoms with van der Waals surface area (Å²) in [6.45, 7) is 0.593. The SMILES string of the molecule is O=C1CN(C(=O)COC(=O)[C@@H]2SCCc3ccccc32)CCN1. The van der Waals surface area contributed by atoms with Gasteiger partial charge < -0.3 is 15.0 Å². The van der Waals surface area contributed by atoms with Crippen LogP contribution in [0.4, 0.5) is 0 Å². The Labute approximate surface area is 138 Å². The number of hydrogen-bond acceptors (Lipinski definition) is 5. The van der Waals surface area contributed by atoms with Crippen LogP contribution < -0.4 is 5.32 Å². The van der Waals surface area contributed by atoms with Gasteiger partial charge in [0.2, 0.25) is 5.91 Å². The molecule has 1 saturated heterocycles. The van der Waals surface area contributed by atoms with Crippen molar-refractivity contribution >= 4 is 29.5 Å². The summed E-state index contributed by atoms with van der Waals surface area (Å²) in [6, 6.07) is 7.82. The molecule has 2 amide bonds. The summed E-state index contributed by atoms with van der Waals surface area (Å²) in [4.78, 5) is 37.1. The number of aryl methyl sites for hydroxylation is 1. The summed E-state index contributed by atoms with van der Waals surface area (Å²) < 4.78 is 5.21. The zero-order chi connectivity index (χ0) is 16.2. The highest BCUT2D eigenvalue weighted by molar-refractivity contribution is 8.00. The minimum atomic E-state index is -0.392. The molecule has 0 unspecified atom stereocenters. The molecule has 1 N–H and O–H groups in total. The molecule has 2 aliphatic rings. The first kappa shape index (κ1) is 15.9. The first-order chi connectivity index (χ1) is 11.1. The van der Waals surface area contributed by atoms with Crippen LogP contribution in [0.15, 0.2) is 24.3 Å². The van der Waals surface area contributed by atoms with Crippen LogP contribution >= 0.6 is 11.8 Å². The molecule has 0 bridgehead atoms. The number of thioether (sulfide) groups is 1. The number of carbonyl (C=O) groups excluding carboxylic acids is 3. The van der Waals surface area contributed by atoms with Crippen molar-refractivity contribution in [1.29, 1.82) is 0 Å². The molecule has 1 aromatic carbocycles. The van der Waals surface area contributed by atoms with E-state index in [9.17, 15) is 14.4 Å². The topological polar surface area (TPSA) is 75.7 Å². The van der Waals surface area contributed by atoms with Gasteiger partial charge in [-0.3, -0.25) is 14.4 Å². The zero-order valence-corrected chi connectivity index (χ0v) is 13.4. The van der Waals surface area contributed by atoms with E-state index in [4.69, 9.17) is 4.74 Å². The standard InChI is InChI=1S/C16H18N2O4S/c19-13-9-18(7-6-17-13)14(20)10-22-16(21)15-12-4-2-1-3-11(12)5-8-23-15/h1-4,15H,5-10H2,(H,17,19)/t15-/m1/s1. The molecule has 0 aliphatic carbocycles. The van der Waals surface area contributed by atoms with Crippen molar-refractivity contribution in [2.75, 3.05) is 32.0 Å². The van der Waals surface area contributed by atoms with Crippen LogP contribution in [0.1, 0.15) is 16.4 Å². The number of fused-ring (bicyclic) bond motifs is 1. The Hall–Kier alpha value is -2.02. The average Bonchev–Trinajstić information content (AvgIpc) is 2.59. The van der Waals surface area contributed by atoms with E-state index in [1.54, 1.807) is 0 Å². The molecule has 23 heavy (non-hydrogen) atoms. The maximum Gasteiger partial charge on any atom is 0.324 e. The zero-order valence-electron chi connectivity index (χ0n) is 12.6. The fraction of sp³-hybridized carbons (Fsp3) is 0.438. The van der Waals surface area contributed by atoms with Gasteiger partial charge >= 0.3 is 5.97 Å². The maximum atomic E-state index is 12.3. The third-order valence-corrected chi connectivity index (χ3v) is 5.16. The van der Waals surface area contributed by atoms with E-state index in [1.807, 2.05) is 24.3 Å². The van der Waals surface area contributed by atoms with Gasteiger partial charge in [-0.05, 0) is 23.3 Å². The van der Waals surface area contributed by atoms with Gasteiger partial charge in [-0.2, -0.15) is 0 Å². The lowest BCUT2D eigenvalue weighted by Gasteiger charge is -2.27. The number of hydrogen-bond donors (Lipinski definition) is 1. The van der Waals surface area contributed by atoms with E-state index in [2.05, 4.69) is 5.32 Å². The summed E-state index contributed by atoms with van der Waals surface area (Å²) >= 11 is 1.54. The number of rotatable bonds is 3. The molecule has 0 saturated carbocycles. The fourth-order valence-corrected chi connectivity index (χ4v) is 3.93. The summed E-state index contributed by atoms with van der Waals surface area (Å²) in [6.07, 6.45) is 0.937. The number of nitrogens with zero attached hydrogens (tertiary/aromatic N) is 1. The van der Waals surface area contributed by atoms with E-state index in [0.717, 1.165) is 23.3 Å². The fourth-order valence-electron chi connectivity index (χ4n) is 2.74. The minimum absolute atomic E-state index is 0.0252. The number of amides is 2. The Morgan fingerprint density at radius 1 is 1.35 bits per heavy atom. The average molecular weight is 334 g/mol. The first-order valence-corrected chi connectivity index (χ1v) is 8.60. The third-order valence-electron chi connectivity index (χ3n) is 3.94. The lowest BCUT2D eigenvalue weighted by Crippen LogP contribution is -2.51. The van der Waals surface area contributed by atoms with Crippen molar-refractivity contribution in [3.8, 4) is 0 Å². The van der Waals surface area contributed by atoms with Crippen molar-refractivity contribution in [2.24, 2.45) is 0 Å². The van der Waals surface area contributed by atoms with Gasteiger partial charge in [0.1, 0.15) is 5.25 Å². The van der Waals surface area contributed by atoms with Crippen molar-refractivity contribution in [2.45, 2.75) is 11.7 Å². The van der Waals surface area contributed by atoms with Gasteiger partial charge in [-0.1, -0.05) is 24.3 Å². The second-order valence-corrected chi connectivity index (χ2v) is 6.69. The molecule has 1 aromatic rings. The molecule has 7 heteroatoms. The molecule has 6 nitrogen and oxygen atoms in total. The normalized spacial score (nSPS) is 20.4. The highest BCUT2D eigenvalue weighted by atomic mass is 32.2. The summed E-state index contributed by atoms with van der Waals surface area (Å²) in [5.74, 6) is -0.0521. The van der Waals surface area contributed by atoms with Crippen LogP contribution in [0.2, 0.25) is 0 Å². The predicted octanol–water partition coefficient (Wildman–Crippen LogP) is 0.519. The number of carbonyl (C=O) groups is 3. The van der Waals surface area contributed by atoms with Crippen LogP contribution in [0.5, 0.6) is 0 Å². The molecule has 2 heterocycles. The molecule has 0 aromatic heterocycles. The van der Waals surface area contributed by atoms with Crippen molar-refractivity contribution in [3.05, 3.63) is 35.4 Å². The highest BCUT2D eigenvalue weighted by Gasteiger charge is 2.29. The van der Waals surface area contributed by atoms with Crippen LogP contribution in [-0.4, -0.2) is 54.7 Å². The molecular weight excluding hydrogens is 316 g/mol. The van der Waals surface area contributed by atoms with Crippen LogP contribution in [0, 0.1) is 0 Å². The van der Waals surface area contributed by atoms with Crippen LogP contribution in [0.25, 0.3) is 0 Å². The largest absolute Gasteiger partial charge is 0.454 e. The lowest BCUT2D eigenvalue weighted by molar-refractivity contribution is -0.152. The van der Waals surface area contributed by atoms with E-state index in [1.165, 1.54) is 16.7 Å². The van der Waals surface area contributed by atoms with Gasteiger partial charge in [0.05, 0.1) is 6.54 Å².